The van der Waals surface area contributed by atoms with Crippen molar-refractivity contribution in [3.63, 3.8) is 0 Å². The van der Waals surface area contributed by atoms with Gasteiger partial charge in [-0.25, -0.2) is 19.6 Å². The predicted octanol–water partition coefficient (Wildman–Crippen LogP) is 18.7. The molecule has 0 atom stereocenters. The highest BCUT2D eigenvalue weighted by molar-refractivity contribution is 7.20. The monoisotopic (exact) mass is 1310 g/mol. The number of ether oxygens (including phenoxy) is 3. The molecule has 14 rings (SSSR count). The van der Waals surface area contributed by atoms with Gasteiger partial charge in [-0.3, -0.25) is 9.59 Å². The SMILES string of the molecule is COC(=O)c1cc2nc(-c3ccc(O)cc3)n(C3CCCCC3)c2s1.COC(=O)c1cc2nc(-c3ccc(OCc4cc(N5CCCC5=O)ccc4-c4ccc(Cl)cc4)cc3)n(C3CCCCC3)c2s1.O=C1CCCN1c1ccc(-c2ccc(Cl)cc2)c(CCl)c1. The lowest BCUT2D eigenvalue weighted by Crippen LogP contribution is -2.23. The lowest BCUT2D eigenvalue weighted by atomic mass is 9.95. The average Bonchev–Trinajstić information content (AvgIpc) is 1.63. The van der Waals surface area contributed by atoms with E-state index in [1.54, 1.807) is 12.1 Å². The second-order valence-electron chi connectivity index (χ2n) is 23.3. The van der Waals surface area contributed by atoms with Crippen molar-refractivity contribution in [2.24, 2.45) is 0 Å². The molecule has 2 aliphatic carbocycles. The standard InChI is InChI=1S/C36H34ClN3O4S.C19H20N2O3S.C17H15Cl2NO/c1-43-36(42)32-21-31-35(45-32)40(27-6-3-2-4-7-27)34(38-31)24-11-16-29(17-12-24)44-22-25-20-28(39-19-5-8-33(39)41)15-18-30(25)23-9-13-26(37)14-10-23;1-24-19(23)16-11-15-18(25-16)21(13-5-3-2-4-6-13)17(20-15)12-7-9-14(22)10-8-12;18-11-13-10-15(20-9-1-2-17(20)21)7-8-16(13)12-3-5-14(19)6-4-12/h9-18,20-21,27H,2-8,19,22H2,1H3;7-11,13,22H,2-6H2,1H3;3-8,10H,1-2,9,11H2. The number of carbonyl (C=O) groups is 4. The summed E-state index contributed by atoms with van der Waals surface area (Å²) in [5.41, 5.74) is 11.7. The van der Waals surface area contributed by atoms with Gasteiger partial charge in [-0.2, -0.15) is 0 Å². The van der Waals surface area contributed by atoms with Gasteiger partial charge in [0.1, 0.15) is 60.2 Å². The summed E-state index contributed by atoms with van der Waals surface area (Å²) >= 11 is 21.1. The van der Waals surface area contributed by atoms with Crippen LogP contribution in [0.4, 0.5) is 11.4 Å². The lowest BCUT2D eigenvalue weighted by molar-refractivity contribution is -0.117. The Labute approximate surface area is 551 Å². The van der Waals surface area contributed by atoms with E-state index >= 15 is 0 Å². The highest BCUT2D eigenvalue weighted by atomic mass is 35.5. The molecule has 19 heteroatoms. The molecule has 0 bridgehead atoms. The van der Waals surface area contributed by atoms with Gasteiger partial charge in [0.15, 0.2) is 0 Å². The van der Waals surface area contributed by atoms with Gasteiger partial charge in [0.25, 0.3) is 0 Å². The molecule has 4 aliphatic rings. The molecule has 2 saturated heterocycles. The molecular weight excluding hydrogens is 1250 g/mol. The van der Waals surface area contributed by atoms with Crippen molar-refractivity contribution in [3.05, 3.63) is 177 Å². The maximum absolute atomic E-state index is 12.5. The second kappa shape index (κ2) is 28.7. The van der Waals surface area contributed by atoms with E-state index in [4.69, 9.17) is 59.0 Å². The van der Waals surface area contributed by atoms with E-state index < -0.39 is 0 Å². The zero-order valence-corrected chi connectivity index (χ0v) is 54.6. The molecule has 10 aromatic rings. The first-order valence-electron chi connectivity index (χ1n) is 31.0. The van der Waals surface area contributed by atoms with E-state index in [2.05, 4.69) is 33.4 Å². The summed E-state index contributed by atoms with van der Waals surface area (Å²) < 4.78 is 20.8. The van der Waals surface area contributed by atoms with E-state index in [0.29, 0.717) is 57.2 Å². The number of alkyl halides is 1. The van der Waals surface area contributed by atoms with Crippen LogP contribution in [0.1, 0.15) is 132 Å². The number of fused-ring (bicyclic) bond motifs is 2. The van der Waals surface area contributed by atoms with E-state index in [0.717, 1.165) is 146 Å². The lowest BCUT2D eigenvalue weighted by Gasteiger charge is -2.25. The maximum atomic E-state index is 12.5. The van der Waals surface area contributed by atoms with Gasteiger partial charge in [0, 0.05) is 76.4 Å². The molecule has 1 N–H and O–H groups in total. The summed E-state index contributed by atoms with van der Waals surface area (Å²) in [4.78, 5) is 65.2. The van der Waals surface area contributed by atoms with Crippen molar-refractivity contribution in [2.75, 3.05) is 37.1 Å². The van der Waals surface area contributed by atoms with E-state index in [1.165, 1.54) is 75.4 Å². The Morgan fingerprint density at radius 3 is 1.36 bits per heavy atom. The number of benzene rings is 6. The minimum Gasteiger partial charge on any atom is -0.508 e. The van der Waals surface area contributed by atoms with Crippen molar-refractivity contribution in [3.8, 4) is 56.5 Å². The molecule has 91 heavy (non-hydrogen) atoms. The largest absolute Gasteiger partial charge is 0.508 e. The van der Waals surface area contributed by atoms with Crippen LogP contribution in [0.3, 0.4) is 0 Å². The number of halogens is 3. The minimum absolute atomic E-state index is 0.157. The fraction of sp³-hybridized carbons (Fsp3) is 0.306. The molecule has 14 nitrogen and oxygen atoms in total. The van der Waals surface area contributed by atoms with Gasteiger partial charge in [-0.1, -0.05) is 98.1 Å². The normalized spacial score (nSPS) is 15.4. The number of hydrogen-bond donors (Lipinski definition) is 1. The Morgan fingerprint density at radius 1 is 0.527 bits per heavy atom. The Morgan fingerprint density at radius 2 is 0.945 bits per heavy atom. The summed E-state index contributed by atoms with van der Waals surface area (Å²) in [6.07, 6.45) is 14.8. The average molecular weight is 1320 g/mol. The van der Waals surface area contributed by atoms with Crippen LogP contribution >= 0.6 is 57.5 Å². The number of rotatable bonds is 14. The first-order chi connectivity index (χ1) is 44.3. The summed E-state index contributed by atoms with van der Waals surface area (Å²) in [5.74, 6) is 2.93. The van der Waals surface area contributed by atoms with Crippen molar-refractivity contribution in [1.29, 1.82) is 0 Å². The highest BCUT2D eigenvalue weighted by Crippen LogP contribution is 2.42. The minimum atomic E-state index is -0.326. The van der Waals surface area contributed by atoms with Crippen molar-refractivity contribution >= 4 is 113 Å². The molecule has 468 valence electrons. The van der Waals surface area contributed by atoms with Crippen molar-refractivity contribution < 1.29 is 38.5 Å². The van der Waals surface area contributed by atoms with Gasteiger partial charge in [0.2, 0.25) is 11.8 Å². The molecular formula is C72H69Cl3N6O8S2. The molecule has 6 heterocycles. The van der Waals surface area contributed by atoms with Crippen LogP contribution in [0, 0.1) is 0 Å². The predicted molar refractivity (Wildman–Crippen MR) is 366 cm³/mol. The Kier molecular flexibility index (Phi) is 19.9. The Bertz CT molecular complexity index is 4240. The van der Waals surface area contributed by atoms with E-state index in [1.807, 2.05) is 119 Å². The van der Waals surface area contributed by atoms with Crippen LogP contribution in [0.25, 0.3) is 65.7 Å². The first kappa shape index (κ1) is 63.2. The number of nitrogens with zero attached hydrogens (tertiary/aromatic N) is 6. The van der Waals surface area contributed by atoms with Gasteiger partial charge in [-0.15, -0.1) is 34.3 Å². The molecule has 4 fully saturated rings. The number of anilines is 2. The third-order valence-corrected chi connectivity index (χ3v) is 20.4. The number of thiophene rings is 2. The molecule has 2 aliphatic heterocycles. The summed E-state index contributed by atoms with van der Waals surface area (Å²) in [7, 11) is 2.81. The van der Waals surface area contributed by atoms with Crippen LogP contribution in [-0.4, -0.2) is 75.3 Å². The quantitative estimate of drug-likeness (QED) is 0.0820. The Balaban J connectivity index is 0.000000146. The highest BCUT2D eigenvalue weighted by Gasteiger charge is 2.29. The summed E-state index contributed by atoms with van der Waals surface area (Å²) in [6.45, 7) is 1.87. The molecule has 4 aromatic heterocycles. The van der Waals surface area contributed by atoms with Crippen LogP contribution in [0.2, 0.25) is 10.0 Å². The topological polar surface area (TPSA) is 158 Å². The number of imidazole rings is 2. The maximum Gasteiger partial charge on any atom is 0.348 e. The van der Waals surface area contributed by atoms with Crippen LogP contribution < -0.4 is 14.5 Å². The number of phenols is 1. The zero-order chi connectivity index (χ0) is 63.1. The smallest absolute Gasteiger partial charge is 0.348 e. The number of aromatic nitrogens is 4. The number of aromatic hydroxyl groups is 1. The molecule has 0 spiro atoms. The Hall–Kier alpha value is -7.99. The van der Waals surface area contributed by atoms with Crippen LogP contribution in [0.5, 0.6) is 11.5 Å². The van der Waals surface area contributed by atoms with Gasteiger partial charge in [-0.05, 0) is 181 Å². The fourth-order valence-electron chi connectivity index (χ4n) is 12.8. The number of carbonyl (C=O) groups excluding carboxylic acids is 4. The third kappa shape index (κ3) is 14.1. The van der Waals surface area contributed by atoms with Crippen molar-refractivity contribution in [2.45, 2.75) is 114 Å². The first-order valence-corrected chi connectivity index (χ1v) is 33.9. The van der Waals surface area contributed by atoms with Crippen molar-refractivity contribution in [1.82, 2.24) is 19.1 Å². The number of phenolic OH excluding ortho intramolecular Hbond substituents is 1. The second-order valence-corrected chi connectivity index (χ2v) is 26.5. The number of amides is 2. The third-order valence-electron chi connectivity index (χ3n) is 17.4. The zero-order valence-electron chi connectivity index (χ0n) is 50.7. The van der Waals surface area contributed by atoms with E-state index in [9.17, 15) is 24.3 Å². The van der Waals surface area contributed by atoms with Gasteiger partial charge >= 0.3 is 11.9 Å². The fourth-order valence-corrected chi connectivity index (χ4v) is 15.5. The van der Waals surface area contributed by atoms with Gasteiger partial charge in [0.05, 0.1) is 14.2 Å². The summed E-state index contributed by atoms with van der Waals surface area (Å²) in [5, 5.41) is 11.0. The van der Waals surface area contributed by atoms with Crippen LogP contribution in [-0.2, 0) is 31.5 Å². The molecule has 0 radical (unpaired) electrons. The molecule has 2 saturated carbocycles. The van der Waals surface area contributed by atoms with E-state index in [-0.39, 0.29) is 29.5 Å². The number of methoxy groups -OCH3 is 2. The number of esters is 2. The molecule has 6 aromatic carbocycles. The number of hydrogen-bond acceptors (Lipinski definition) is 12. The molecule has 0 unspecified atom stereocenters. The van der Waals surface area contributed by atoms with Crippen LogP contribution in [0.15, 0.2) is 146 Å². The van der Waals surface area contributed by atoms with Gasteiger partial charge < -0.3 is 38.3 Å². The molecule has 2 amide bonds. The summed E-state index contributed by atoms with van der Waals surface area (Å²) in [6, 6.07) is 47.3.